The Labute approximate surface area is 126 Å². The van der Waals surface area contributed by atoms with Crippen LogP contribution in [-0.4, -0.2) is 37.4 Å². The third-order valence-corrected chi connectivity index (χ3v) is 2.81. The average molecular weight is 289 g/mol. The van der Waals surface area contributed by atoms with Crippen LogP contribution in [-0.2, 0) is 4.74 Å². The summed E-state index contributed by atoms with van der Waals surface area (Å²) in [7, 11) is 0. The summed E-state index contributed by atoms with van der Waals surface area (Å²) in [5.74, 6) is 5.82. The lowest BCUT2D eigenvalue weighted by atomic mass is 10.1. The second-order valence-electron chi connectivity index (χ2n) is 5.09. The van der Waals surface area contributed by atoms with Gasteiger partial charge < -0.3 is 15.2 Å². The second-order valence-corrected chi connectivity index (χ2v) is 5.09. The molecule has 0 heterocycles. The van der Waals surface area contributed by atoms with Gasteiger partial charge in [0.2, 0.25) is 0 Å². The summed E-state index contributed by atoms with van der Waals surface area (Å²) < 4.78 is 5.44. The fourth-order valence-electron chi connectivity index (χ4n) is 1.64. The third kappa shape index (κ3) is 7.50. The first-order valence-electron chi connectivity index (χ1n) is 7.19. The smallest absolute Gasteiger partial charge is 0.251 e. The predicted molar refractivity (Wildman–Crippen MR) is 83.0 cm³/mol. The standard InChI is InChI=1S/C17H23NO3/c1-14(2)8-11-21-12-9-18-17(20)16-7-3-5-15(13-16)6-4-10-19/h3,5,7,13-14,19H,8-12H2,1-2H3,(H,18,20). The number of hydrogen-bond donors (Lipinski definition) is 2. The fraction of sp³-hybridized carbons (Fsp3) is 0.471. The van der Waals surface area contributed by atoms with Crippen LogP contribution in [0.1, 0.15) is 36.2 Å². The minimum absolute atomic E-state index is 0.143. The Balaban J connectivity index is 2.35. The van der Waals surface area contributed by atoms with Crippen molar-refractivity contribution in [2.45, 2.75) is 20.3 Å². The summed E-state index contributed by atoms with van der Waals surface area (Å²) in [6.07, 6.45) is 1.03. The van der Waals surface area contributed by atoms with E-state index in [1.807, 2.05) is 0 Å². The summed E-state index contributed by atoms with van der Waals surface area (Å²) in [6, 6.07) is 7.01. The molecular formula is C17H23NO3. The van der Waals surface area contributed by atoms with E-state index in [1.165, 1.54) is 0 Å². The average Bonchev–Trinajstić information content (AvgIpc) is 2.48. The van der Waals surface area contributed by atoms with Crippen molar-refractivity contribution >= 4 is 5.91 Å². The molecule has 0 aliphatic heterocycles. The minimum atomic E-state index is -0.190. The molecule has 0 aliphatic carbocycles. The molecule has 1 amide bonds. The molecule has 4 heteroatoms. The van der Waals surface area contributed by atoms with Crippen molar-refractivity contribution in [3.05, 3.63) is 35.4 Å². The number of carbonyl (C=O) groups excluding carboxylic acids is 1. The van der Waals surface area contributed by atoms with E-state index < -0.39 is 0 Å². The van der Waals surface area contributed by atoms with Gasteiger partial charge in [0, 0.05) is 24.3 Å². The Morgan fingerprint density at radius 3 is 2.90 bits per heavy atom. The lowest BCUT2D eigenvalue weighted by Crippen LogP contribution is -2.27. The Morgan fingerprint density at radius 2 is 2.19 bits per heavy atom. The Morgan fingerprint density at radius 1 is 1.38 bits per heavy atom. The van der Waals surface area contributed by atoms with Crippen LogP contribution < -0.4 is 5.32 Å². The maximum absolute atomic E-state index is 11.9. The molecule has 0 aromatic heterocycles. The van der Waals surface area contributed by atoms with Crippen molar-refractivity contribution in [1.29, 1.82) is 0 Å². The van der Waals surface area contributed by atoms with Crippen LogP contribution in [0.5, 0.6) is 0 Å². The number of nitrogens with one attached hydrogen (secondary N) is 1. The molecule has 1 rings (SSSR count). The second kappa shape index (κ2) is 9.98. The topological polar surface area (TPSA) is 58.6 Å². The van der Waals surface area contributed by atoms with E-state index in [2.05, 4.69) is 31.0 Å². The SMILES string of the molecule is CC(C)CCOCCNC(=O)c1cccc(C#CCO)c1. The number of hydrogen-bond acceptors (Lipinski definition) is 3. The van der Waals surface area contributed by atoms with Crippen molar-refractivity contribution in [1.82, 2.24) is 5.32 Å². The molecule has 0 bridgehead atoms. The molecule has 0 unspecified atom stereocenters. The van der Waals surface area contributed by atoms with E-state index in [-0.39, 0.29) is 12.5 Å². The highest BCUT2D eigenvalue weighted by Gasteiger charge is 2.04. The van der Waals surface area contributed by atoms with Gasteiger partial charge in [-0.2, -0.15) is 0 Å². The van der Waals surface area contributed by atoms with Gasteiger partial charge in [-0.15, -0.1) is 0 Å². The maximum Gasteiger partial charge on any atom is 0.251 e. The molecule has 0 aliphatic rings. The van der Waals surface area contributed by atoms with E-state index >= 15 is 0 Å². The molecule has 1 aromatic carbocycles. The highest BCUT2D eigenvalue weighted by Crippen LogP contribution is 2.04. The van der Waals surface area contributed by atoms with Gasteiger partial charge in [0.05, 0.1) is 6.61 Å². The number of rotatable bonds is 7. The van der Waals surface area contributed by atoms with Gasteiger partial charge >= 0.3 is 0 Å². The number of aliphatic hydroxyl groups is 1. The van der Waals surface area contributed by atoms with Gasteiger partial charge in [-0.05, 0) is 30.5 Å². The van der Waals surface area contributed by atoms with E-state index in [4.69, 9.17) is 9.84 Å². The highest BCUT2D eigenvalue weighted by molar-refractivity contribution is 5.94. The van der Waals surface area contributed by atoms with Crippen LogP contribution in [0.3, 0.4) is 0 Å². The van der Waals surface area contributed by atoms with Crippen molar-refractivity contribution in [2.75, 3.05) is 26.4 Å². The molecule has 21 heavy (non-hydrogen) atoms. The summed E-state index contributed by atoms with van der Waals surface area (Å²) in [4.78, 5) is 11.9. The van der Waals surface area contributed by atoms with Gasteiger partial charge in [-0.3, -0.25) is 4.79 Å². The van der Waals surface area contributed by atoms with Gasteiger partial charge in [0.1, 0.15) is 6.61 Å². The molecule has 4 nitrogen and oxygen atoms in total. The highest BCUT2D eigenvalue weighted by atomic mass is 16.5. The van der Waals surface area contributed by atoms with Gasteiger partial charge in [-0.1, -0.05) is 31.8 Å². The van der Waals surface area contributed by atoms with Crippen molar-refractivity contribution in [3.63, 3.8) is 0 Å². The maximum atomic E-state index is 11.9. The predicted octanol–water partition coefficient (Wildman–Crippen LogP) is 1.82. The van der Waals surface area contributed by atoms with Crippen LogP contribution in [0.15, 0.2) is 24.3 Å². The van der Waals surface area contributed by atoms with Crippen molar-refractivity contribution < 1.29 is 14.6 Å². The lowest BCUT2D eigenvalue weighted by Gasteiger charge is -2.08. The minimum Gasteiger partial charge on any atom is -0.384 e. The first-order valence-corrected chi connectivity index (χ1v) is 7.19. The normalized spacial score (nSPS) is 10.1. The monoisotopic (exact) mass is 289 g/mol. The molecule has 0 saturated heterocycles. The van der Waals surface area contributed by atoms with Crippen molar-refractivity contribution in [2.24, 2.45) is 5.92 Å². The van der Waals surface area contributed by atoms with E-state index in [0.29, 0.717) is 30.2 Å². The van der Waals surface area contributed by atoms with Crippen LogP contribution in [0.4, 0.5) is 0 Å². The number of carbonyl (C=O) groups is 1. The Bertz CT molecular complexity index is 500. The quantitative estimate of drug-likeness (QED) is 0.594. The number of benzene rings is 1. The zero-order chi connectivity index (χ0) is 15.5. The van der Waals surface area contributed by atoms with Crippen LogP contribution in [0.25, 0.3) is 0 Å². The van der Waals surface area contributed by atoms with Crippen LogP contribution in [0, 0.1) is 17.8 Å². The first kappa shape index (κ1) is 17.2. The number of aliphatic hydroxyl groups excluding tert-OH is 1. The molecule has 114 valence electrons. The Hall–Kier alpha value is -1.83. The van der Waals surface area contributed by atoms with Crippen LogP contribution >= 0.6 is 0 Å². The molecule has 0 saturated carbocycles. The molecule has 0 fully saturated rings. The molecule has 1 aromatic rings. The van der Waals surface area contributed by atoms with E-state index in [9.17, 15) is 4.79 Å². The Kier molecular flexibility index (Phi) is 8.18. The third-order valence-electron chi connectivity index (χ3n) is 2.81. The first-order chi connectivity index (χ1) is 10.1. The summed E-state index contributed by atoms with van der Waals surface area (Å²) in [6.45, 7) is 5.84. The molecule has 2 N–H and O–H groups in total. The fourth-order valence-corrected chi connectivity index (χ4v) is 1.64. The van der Waals surface area contributed by atoms with Gasteiger partial charge in [0.25, 0.3) is 5.91 Å². The lowest BCUT2D eigenvalue weighted by molar-refractivity contribution is 0.0906. The van der Waals surface area contributed by atoms with E-state index in [1.54, 1.807) is 24.3 Å². The molecule has 0 atom stereocenters. The number of amides is 1. The molecule has 0 radical (unpaired) electrons. The largest absolute Gasteiger partial charge is 0.384 e. The van der Waals surface area contributed by atoms with E-state index in [0.717, 1.165) is 13.0 Å². The van der Waals surface area contributed by atoms with Crippen molar-refractivity contribution in [3.8, 4) is 11.8 Å². The summed E-state index contributed by atoms with van der Waals surface area (Å²) >= 11 is 0. The van der Waals surface area contributed by atoms with Gasteiger partial charge in [-0.25, -0.2) is 0 Å². The molecular weight excluding hydrogens is 266 g/mol. The summed E-state index contributed by atoms with van der Waals surface area (Å²) in [5.41, 5.74) is 1.27. The number of ether oxygens (including phenoxy) is 1. The zero-order valence-corrected chi connectivity index (χ0v) is 12.7. The zero-order valence-electron chi connectivity index (χ0n) is 12.7. The molecule has 0 spiro atoms. The summed E-state index contributed by atoms with van der Waals surface area (Å²) in [5, 5.41) is 11.5. The van der Waals surface area contributed by atoms with Gasteiger partial charge in [0.15, 0.2) is 0 Å². The van der Waals surface area contributed by atoms with Crippen LogP contribution in [0.2, 0.25) is 0 Å².